The number of aldehydes is 1. The molecule has 108 valence electrons. The molecule has 0 fully saturated rings. The van der Waals surface area contributed by atoms with E-state index in [1.165, 1.54) is 6.07 Å². The second kappa shape index (κ2) is 7.31. The lowest BCUT2D eigenvalue weighted by Crippen LogP contribution is -2.28. The van der Waals surface area contributed by atoms with Crippen LogP contribution < -0.4 is 10.6 Å². The molecule has 2 aromatic carbocycles. The first-order chi connectivity index (χ1) is 10.2. The Bertz CT molecular complexity index is 644. The molecule has 0 aliphatic heterocycles. The summed E-state index contributed by atoms with van der Waals surface area (Å²) in [6.45, 7) is 0.328. The monoisotopic (exact) mass is 286 g/mol. The summed E-state index contributed by atoms with van der Waals surface area (Å²) < 4.78 is 13.4. The molecule has 0 radical (unpaired) electrons. The third kappa shape index (κ3) is 4.50. The zero-order valence-electron chi connectivity index (χ0n) is 11.3. The van der Waals surface area contributed by atoms with E-state index in [0.29, 0.717) is 23.1 Å². The highest BCUT2D eigenvalue weighted by Gasteiger charge is 2.04. The number of rotatable bonds is 6. The van der Waals surface area contributed by atoms with Crippen LogP contribution in [0.25, 0.3) is 0 Å². The van der Waals surface area contributed by atoms with Crippen molar-refractivity contribution in [1.29, 1.82) is 0 Å². The van der Waals surface area contributed by atoms with Crippen molar-refractivity contribution in [2.45, 2.75) is 6.54 Å². The number of nitrogens with one attached hydrogen (secondary N) is 2. The van der Waals surface area contributed by atoms with Crippen LogP contribution in [0.15, 0.2) is 48.5 Å². The molecule has 2 aromatic rings. The highest BCUT2D eigenvalue weighted by atomic mass is 19.1. The molecule has 0 bridgehead atoms. The minimum atomic E-state index is -0.302. The van der Waals surface area contributed by atoms with E-state index in [1.807, 2.05) is 0 Å². The summed E-state index contributed by atoms with van der Waals surface area (Å²) in [5.74, 6) is -0.557. The number of amides is 1. The molecule has 2 rings (SSSR count). The number of anilines is 1. The molecule has 0 saturated heterocycles. The zero-order valence-corrected chi connectivity index (χ0v) is 11.3. The van der Waals surface area contributed by atoms with E-state index in [4.69, 9.17) is 0 Å². The van der Waals surface area contributed by atoms with E-state index < -0.39 is 0 Å². The first kappa shape index (κ1) is 14.9. The second-order valence-corrected chi connectivity index (χ2v) is 4.49. The van der Waals surface area contributed by atoms with Gasteiger partial charge in [-0.25, -0.2) is 4.39 Å². The third-order valence-electron chi connectivity index (χ3n) is 2.87. The molecule has 0 unspecified atom stereocenters. The lowest BCUT2D eigenvalue weighted by molar-refractivity contribution is -0.115. The van der Waals surface area contributed by atoms with Crippen LogP contribution in [0.1, 0.15) is 15.9 Å². The zero-order chi connectivity index (χ0) is 15.1. The maximum atomic E-state index is 13.4. The largest absolute Gasteiger partial charge is 0.325 e. The van der Waals surface area contributed by atoms with Crippen LogP contribution in [0.3, 0.4) is 0 Å². The van der Waals surface area contributed by atoms with Crippen molar-refractivity contribution < 1.29 is 14.0 Å². The molecule has 0 spiro atoms. The van der Waals surface area contributed by atoms with E-state index in [0.717, 1.165) is 0 Å². The molecule has 5 heteroatoms. The van der Waals surface area contributed by atoms with Crippen LogP contribution in [0, 0.1) is 5.82 Å². The Balaban J connectivity index is 1.82. The predicted octanol–water partition coefficient (Wildman–Crippen LogP) is 2.37. The second-order valence-electron chi connectivity index (χ2n) is 4.49. The van der Waals surface area contributed by atoms with Crippen molar-refractivity contribution in [1.82, 2.24) is 5.32 Å². The topological polar surface area (TPSA) is 58.2 Å². The van der Waals surface area contributed by atoms with E-state index in [9.17, 15) is 14.0 Å². The third-order valence-corrected chi connectivity index (χ3v) is 2.87. The van der Waals surface area contributed by atoms with Gasteiger partial charge in [-0.1, -0.05) is 30.3 Å². The maximum Gasteiger partial charge on any atom is 0.238 e. The van der Waals surface area contributed by atoms with E-state index in [-0.39, 0.29) is 24.8 Å². The van der Waals surface area contributed by atoms with Crippen molar-refractivity contribution in [3.8, 4) is 0 Å². The fourth-order valence-corrected chi connectivity index (χ4v) is 1.85. The van der Waals surface area contributed by atoms with Crippen molar-refractivity contribution in [2.24, 2.45) is 0 Å². The summed E-state index contributed by atoms with van der Waals surface area (Å²) in [7, 11) is 0. The molecule has 0 heterocycles. The van der Waals surface area contributed by atoms with Gasteiger partial charge in [0.2, 0.25) is 5.91 Å². The molecule has 1 amide bonds. The van der Waals surface area contributed by atoms with Gasteiger partial charge in [0.25, 0.3) is 0 Å². The molecule has 0 atom stereocenters. The number of halogens is 1. The summed E-state index contributed by atoms with van der Waals surface area (Å²) in [6.07, 6.45) is 0.714. The quantitative estimate of drug-likeness (QED) is 0.802. The smallest absolute Gasteiger partial charge is 0.238 e. The number of carbonyl (C=O) groups excluding carboxylic acids is 2. The van der Waals surface area contributed by atoms with Crippen LogP contribution in [0.4, 0.5) is 10.1 Å². The maximum absolute atomic E-state index is 13.4. The predicted molar refractivity (Wildman–Crippen MR) is 78.6 cm³/mol. The number of hydrogen-bond acceptors (Lipinski definition) is 3. The molecule has 0 aromatic heterocycles. The van der Waals surface area contributed by atoms with Crippen molar-refractivity contribution in [2.75, 3.05) is 11.9 Å². The standard InChI is InChI=1S/C16H15FN2O2/c17-15-7-2-1-5-13(15)9-18-10-16(21)19-14-6-3-4-12(8-14)11-20/h1-8,11,18H,9-10H2,(H,19,21). The van der Waals surface area contributed by atoms with Crippen molar-refractivity contribution in [3.05, 3.63) is 65.5 Å². The Morgan fingerprint density at radius 2 is 1.95 bits per heavy atom. The fourth-order valence-electron chi connectivity index (χ4n) is 1.85. The van der Waals surface area contributed by atoms with Gasteiger partial charge in [0.15, 0.2) is 0 Å². The van der Waals surface area contributed by atoms with Crippen molar-refractivity contribution >= 4 is 17.9 Å². The Morgan fingerprint density at radius 1 is 1.14 bits per heavy atom. The van der Waals surface area contributed by atoms with Crippen molar-refractivity contribution in [3.63, 3.8) is 0 Å². The highest BCUT2D eigenvalue weighted by Crippen LogP contribution is 2.09. The summed E-state index contributed by atoms with van der Waals surface area (Å²) >= 11 is 0. The average molecular weight is 286 g/mol. The van der Waals surface area contributed by atoms with Crippen LogP contribution >= 0.6 is 0 Å². The Morgan fingerprint density at radius 3 is 2.71 bits per heavy atom. The Kier molecular flexibility index (Phi) is 5.17. The lowest BCUT2D eigenvalue weighted by Gasteiger charge is -2.07. The van der Waals surface area contributed by atoms with Gasteiger partial charge in [0, 0.05) is 23.4 Å². The first-order valence-electron chi connectivity index (χ1n) is 6.48. The van der Waals surface area contributed by atoms with Crippen LogP contribution in [0.2, 0.25) is 0 Å². The molecule has 0 saturated carbocycles. The number of benzene rings is 2. The molecule has 4 nitrogen and oxygen atoms in total. The first-order valence-corrected chi connectivity index (χ1v) is 6.48. The van der Waals surface area contributed by atoms with Crippen LogP contribution in [-0.2, 0) is 11.3 Å². The Labute approximate surface area is 122 Å². The van der Waals surface area contributed by atoms with Gasteiger partial charge in [0.1, 0.15) is 12.1 Å². The highest BCUT2D eigenvalue weighted by molar-refractivity contribution is 5.93. The SMILES string of the molecule is O=Cc1cccc(NC(=O)CNCc2ccccc2F)c1. The van der Waals surface area contributed by atoms with Crippen LogP contribution in [0.5, 0.6) is 0 Å². The van der Waals surface area contributed by atoms with Gasteiger partial charge in [-0.05, 0) is 18.2 Å². The van der Waals surface area contributed by atoms with Gasteiger partial charge in [-0.2, -0.15) is 0 Å². The minimum Gasteiger partial charge on any atom is -0.325 e. The van der Waals surface area contributed by atoms with Gasteiger partial charge < -0.3 is 10.6 Å². The van der Waals surface area contributed by atoms with Gasteiger partial charge in [0.05, 0.1) is 6.54 Å². The van der Waals surface area contributed by atoms with E-state index >= 15 is 0 Å². The summed E-state index contributed by atoms with van der Waals surface area (Å²) in [5, 5.41) is 5.53. The van der Waals surface area contributed by atoms with E-state index in [2.05, 4.69) is 10.6 Å². The number of carbonyl (C=O) groups is 2. The van der Waals surface area contributed by atoms with E-state index in [1.54, 1.807) is 42.5 Å². The minimum absolute atomic E-state index is 0.0552. The Hall–Kier alpha value is -2.53. The molecule has 0 aliphatic rings. The molecular formula is C16H15FN2O2. The normalized spacial score (nSPS) is 10.1. The fraction of sp³-hybridized carbons (Fsp3) is 0.125. The van der Waals surface area contributed by atoms with Crippen LogP contribution in [-0.4, -0.2) is 18.7 Å². The average Bonchev–Trinajstić information content (AvgIpc) is 2.49. The molecule has 21 heavy (non-hydrogen) atoms. The molecule has 2 N–H and O–H groups in total. The van der Waals surface area contributed by atoms with Gasteiger partial charge in [-0.3, -0.25) is 9.59 Å². The summed E-state index contributed by atoms with van der Waals surface area (Å²) in [4.78, 5) is 22.4. The van der Waals surface area contributed by atoms with Gasteiger partial charge >= 0.3 is 0 Å². The molecule has 0 aliphatic carbocycles. The molecular weight excluding hydrogens is 271 g/mol. The summed E-state index contributed by atoms with van der Waals surface area (Å²) in [6, 6.07) is 13.0. The summed E-state index contributed by atoms with van der Waals surface area (Å²) in [5.41, 5.74) is 1.55. The lowest BCUT2D eigenvalue weighted by atomic mass is 10.2. The van der Waals surface area contributed by atoms with Gasteiger partial charge in [-0.15, -0.1) is 0 Å². The number of hydrogen-bond donors (Lipinski definition) is 2.